The number of unbranched alkanes of at least 4 members (excludes halogenated alkanes) is 4. The summed E-state index contributed by atoms with van der Waals surface area (Å²) < 4.78 is 4.51. The number of carbonyl (C=O) groups is 2. The third kappa shape index (κ3) is 14.8. The van der Waals surface area contributed by atoms with E-state index in [0.29, 0.717) is 12.8 Å². The lowest BCUT2D eigenvalue weighted by atomic mass is 10.1. The molecule has 0 N–H and O–H groups in total. The molecule has 0 unspecified atom stereocenters. The van der Waals surface area contributed by atoms with Crippen molar-refractivity contribution < 1.29 is 14.3 Å². The zero-order chi connectivity index (χ0) is 16.5. The maximum atomic E-state index is 11.5. The van der Waals surface area contributed by atoms with Gasteiger partial charge in [-0.3, -0.25) is 9.59 Å². The fourth-order valence-electron chi connectivity index (χ4n) is 1.85. The number of carbonyl (C=O) groups excluding carboxylic acids is 2. The van der Waals surface area contributed by atoms with Gasteiger partial charge >= 0.3 is 5.97 Å². The molecule has 3 heteroatoms. The van der Waals surface area contributed by atoms with E-state index in [0.717, 1.165) is 25.7 Å². The van der Waals surface area contributed by atoms with Crippen LogP contribution in [0.5, 0.6) is 0 Å². The summed E-state index contributed by atoms with van der Waals surface area (Å²) in [5, 5.41) is 0. The van der Waals surface area contributed by atoms with Crippen molar-refractivity contribution in [2.24, 2.45) is 0 Å². The molecule has 0 fully saturated rings. The van der Waals surface area contributed by atoms with Crippen LogP contribution in [0.2, 0.25) is 0 Å². The summed E-state index contributed by atoms with van der Waals surface area (Å²) in [6.07, 6.45) is 20.1. The van der Waals surface area contributed by atoms with Crippen LogP contribution in [0, 0.1) is 0 Å². The monoisotopic (exact) mass is 306 g/mol. The quantitative estimate of drug-likeness (QED) is 0.275. The second-order valence-electron chi connectivity index (χ2n) is 5.24. The van der Waals surface area contributed by atoms with Crippen molar-refractivity contribution in [1.29, 1.82) is 0 Å². The highest BCUT2D eigenvalue weighted by Gasteiger charge is 2.06. The number of ketones is 1. The Kier molecular flexibility index (Phi) is 14.6. The molecule has 0 aromatic rings. The molecular weight excluding hydrogens is 276 g/mol. The Morgan fingerprint density at radius 1 is 0.818 bits per heavy atom. The summed E-state index contributed by atoms with van der Waals surface area (Å²) in [4.78, 5) is 22.4. The zero-order valence-corrected chi connectivity index (χ0v) is 14.1. The molecule has 0 amide bonds. The molecule has 0 saturated heterocycles. The molecule has 0 aromatic carbocycles. The van der Waals surface area contributed by atoms with E-state index in [2.05, 4.69) is 29.9 Å². The highest BCUT2D eigenvalue weighted by molar-refractivity contribution is 5.82. The molecule has 0 aliphatic carbocycles. The molecular formula is C19H30O3. The van der Waals surface area contributed by atoms with E-state index in [9.17, 15) is 9.59 Å². The van der Waals surface area contributed by atoms with Crippen molar-refractivity contribution >= 4 is 11.8 Å². The van der Waals surface area contributed by atoms with Gasteiger partial charge in [0.05, 0.1) is 13.5 Å². The van der Waals surface area contributed by atoms with Crippen LogP contribution in [0.3, 0.4) is 0 Å². The summed E-state index contributed by atoms with van der Waals surface area (Å²) in [6.45, 7) is 2.19. The Balaban J connectivity index is 3.50. The Morgan fingerprint density at radius 2 is 1.45 bits per heavy atom. The SMILES string of the molecule is CCCCC=CC=CC=CCCCCC(=O)CCC(=O)OC. The van der Waals surface area contributed by atoms with Crippen LogP contribution in [0.1, 0.15) is 64.7 Å². The van der Waals surface area contributed by atoms with E-state index in [4.69, 9.17) is 0 Å². The maximum Gasteiger partial charge on any atom is 0.305 e. The van der Waals surface area contributed by atoms with E-state index < -0.39 is 0 Å². The second-order valence-corrected chi connectivity index (χ2v) is 5.24. The smallest absolute Gasteiger partial charge is 0.305 e. The average Bonchev–Trinajstić information content (AvgIpc) is 2.53. The summed E-state index contributed by atoms with van der Waals surface area (Å²) in [5.74, 6) is -0.168. The predicted molar refractivity (Wildman–Crippen MR) is 91.7 cm³/mol. The number of esters is 1. The van der Waals surface area contributed by atoms with Crippen LogP contribution >= 0.6 is 0 Å². The van der Waals surface area contributed by atoms with Gasteiger partial charge in [-0.25, -0.2) is 0 Å². The van der Waals surface area contributed by atoms with Crippen molar-refractivity contribution in [1.82, 2.24) is 0 Å². The number of rotatable bonds is 13. The fraction of sp³-hybridized carbons (Fsp3) is 0.579. The number of hydrogen-bond acceptors (Lipinski definition) is 3. The van der Waals surface area contributed by atoms with Crippen LogP contribution in [-0.4, -0.2) is 18.9 Å². The first-order valence-corrected chi connectivity index (χ1v) is 8.27. The Morgan fingerprint density at radius 3 is 2.05 bits per heavy atom. The van der Waals surface area contributed by atoms with E-state index in [-0.39, 0.29) is 18.2 Å². The lowest BCUT2D eigenvalue weighted by Gasteiger charge is -1.99. The molecule has 0 aromatic heterocycles. The molecule has 3 nitrogen and oxygen atoms in total. The lowest BCUT2D eigenvalue weighted by molar-refractivity contribution is -0.141. The predicted octanol–water partition coefficient (Wildman–Crippen LogP) is 4.93. The minimum atomic E-state index is -0.313. The lowest BCUT2D eigenvalue weighted by Crippen LogP contribution is -2.05. The Hall–Kier alpha value is -1.64. The number of ether oxygens (including phenoxy) is 1. The van der Waals surface area contributed by atoms with Gasteiger partial charge in [0, 0.05) is 12.8 Å². The van der Waals surface area contributed by atoms with Crippen molar-refractivity contribution in [2.45, 2.75) is 64.7 Å². The van der Waals surface area contributed by atoms with E-state index in [1.807, 2.05) is 18.2 Å². The first-order chi connectivity index (χ1) is 10.7. The summed E-state index contributed by atoms with van der Waals surface area (Å²) in [5.41, 5.74) is 0. The Labute approximate surface area is 135 Å². The molecule has 0 heterocycles. The van der Waals surface area contributed by atoms with Crippen molar-refractivity contribution in [3.63, 3.8) is 0 Å². The molecule has 0 rings (SSSR count). The van der Waals surface area contributed by atoms with E-state index in [1.54, 1.807) is 0 Å². The minimum absolute atomic E-state index is 0.145. The minimum Gasteiger partial charge on any atom is -0.469 e. The van der Waals surface area contributed by atoms with Gasteiger partial charge in [0.15, 0.2) is 0 Å². The van der Waals surface area contributed by atoms with Gasteiger partial charge in [-0.1, -0.05) is 56.2 Å². The molecule has 124 valence electrons. The molecule has 0 atom stereocenters. The van der Waals surface area contributed by atoms with Crippen LogP contribution < -0.4 is 0 Å². The molecule has 0 spiro atoms. The number of allylic oxidation sites excluding steroid dienone is 6. The van der Waals surface area contributed by atoms with Gasteiger partial charge in [-0.2, -0.15) is 0 Å². The van der Waals surface area contributed by atoms with Crippen LogP contribution in [0.15, 0.2) is 36.5 Å². The Bertz CT molecular complexity index is 378. The number of methoxy groups -OCH3 is 1. The summed E-state index contributed by atoms with van der Waals surface area (Å²) >= 11 is 0. The van der Waals surface area contributed by atoms with E-state index >= 15 is 0 Å². The van der Waals surface area contributed by atoms with Gasteiger partial charge in [0.25, 0.3) is 0 Å². The van der Waals surface area contributed by atoms with Crippen LogP contribution in [0.4, 0.5) is 0 Å². The number of hydrogen-bond donors (Lipinski definition) is 0. The molecule has 22 heavy (non-hydrogen) atoms. The molecule has 0 aliphatic rings. The first kappa shape index (κ1) is 20.4. The van der Waals surface area contributed by atoms with Gasteiger partial charge in [0.1, 0.15) is 5.78 Å². The third-order valence-electron chi connectivity index (χ3n) is 3.24. The average molecular weight is 306 g/mol. The van der Waals surface area contributed by atoms with Gasteiger partial charge in [-0.15, -0.1) is 0 Å². The topological polar surface area (TPSA) is 43.4 Å². The van der Waals surface area contributed by atoms with E-state index in [1.165, 1.54) is 20.0 Å². The standard InChI is InChI=1S/C19H30O3/c1-3-4-5-6-7-8-9-10-11-12-13-14-15-18(20)16-17-19(21)22-2/h6-11H,3-5,12-17H2,1-2H3. The second kappa shape index (κ2) is 15.7. The summed E-state index contributed by atoms with van der Waals surface area (Å²) in [7, 11) is 1.34. The van der Waals surface area contributed by atoms with Gasteiger partial charge in [0.2, 0.25) is 0 Å². The van der Waals surface area contributed by atoms with Gasteiger partial charge in [-0.05, 0) is 25.7 Å². The maximum absolute atomic E-state index is 11.5. The van der Waals surface area contributed by atoms with Crippen molar-refractivity contribution in [3.05, 3.63) is 36.5 Å². The van der Waals surface area contributed by atoms with Crippen LogP contribution in [-0.2, 0) is 14.3 Å². The highest BCUT2D eigenvalue weighted by Crippen LogP contribution is 2.05. The highest BCUT2D eigenvalue weighted by atomic mass is 16.5. The first-order valence-electron chi connectivity index (χ1n) is 8.27. The van der Waals surface area contributed by atoms with Gasteiger partial charge < -0.3 is 4.74 Å². The summed E-state index contributed by atoms with van der Waals surface area (Å²) in [6, 6.07) is 0. The third-order valence-corrected chi connectivity index (χ3v) is 3.24. The normalized spacial score (nSPS) is 11.7. The largest absolute Gasteiger partial charge is 0.469 e. The molecule has 0 aliphatic heterocycles. The fourth-order valence-corrected chi connectivity index (χ4v) is 1.85. The number of Topliss-reactive ketones (excluding diaryl/α,β-unsaturated/α-hetero) is 1. The van der Waals surface area contributed by atoms with Crippen LogP contribution in [0.25, 0.3) is 0 Å². The molecule has 0 bridgehead atoms. The molecule has 0 radical (unpaired) electrons. The van der Waals surface area contributed by atoms with Crippen molar-refractivity contribution in [2.75, 3.05) is 7.11 Å². The zero-order valence-electron chi connectivity index (χ0n) is 14.1. The van der Waals surface area contributed by atoms with Crippen molar-refractivity contribution in [3.8, 4) is 0 Å². The molecule has 0 saturated carbocycles.